The van der Waals surface area contributed by atoms with E-state index in [4.69, 9.17) is 10.5 Å². The summed E-state index contributed by atoms with van der Waals surface area (Å²) >= 11 is 0. The second kappa shape index (κ2) is 5.27. The van der Waals surface area contributed by atoms with Crippen LogP contribution < -0.4 is 16.0 Å². The second-order valence-corrected chi connectivity index (χ2v) is 3.46. The highest BCUT2D eigenvalue weighted by Crippen LogP contribution is 2.20. The van der Waals surface area contributed by atoms with Crippen molar-refractivity contribution in [1.29, 1.82) is 0 Å². The van der Waals surface area contributed by atoms with Crippen LogP contribution in [0, 0.1) is 0 Å². The molecule has 0 amide bonds. The van der Waals surface area contributed by atoms with Crippen LogP contribution in [-0.2, 0) is 0 Å². The number of nitrogens with zero attached hydrogens (tertiary/aromatic N) is 1. The Morgan fingerprint density at radius 1 is 1.35 bits per heavy atom. The molecule has 0 unspecified atom stereocenters. The van der Waals surface area contributed by atoms with Gasteiger partial charge < -0.3 is 15.5 Å². The Kier molecular flexibility index (Phi) is 3.52. The molecule has 5 heteroatoms. The third-order valence-electron chi connectivity index (χ3n) is 2.19. The molecule has 17 heavy (non-hydrogen) atoms. The van der Waals surface area contributed by atoms with Crippen molar-refractivity contribution in [1.82, 2.24) is 9.97 Å². The summed E-state index contributed by atoms with van der Waals surface area (Å²) in [5.74, 6) is 0.718. The quantitative estimate of drug-likeness (QED) is 0.814. The Balaban J connectivity index is 2.29. The third kappa shape index (κ3) is 2.92. The molecule has 5 nitrogen and oxygen atoms in total. The average Bonchev–Trinajstić information content (AvgIpc) is 2.37. The molecule has 0 aliphatic rings. The molecule has 0 spiro atoms. The van der Waals surface area contributed by atoms with Crippen molar-refractivity contribution in [3.63, 3.8) is 0 Å². The van der Waals surface area contributed by atoms with Gasteiger partial charge in [0, 0.05) is 18.2 Å². The zero-order valence-corrected chi connectivity index (χ0v) is 9.22. The molecular formula is C12H13N3O2. The lowest BCUT2D eigenvalue weighted by Gasteiger charge is -2.06. The maximum atomic E-state index is 11.2. The lowest BCUT2D eigenvalue weighted by atomic mass is 10.1. The molecule has 0 saturated heterocycles. The molecule has 1 aromatic heterocycles. The van der Waals surface area contributed by atoms with Crippen LogP contribution in [0.5, 0.6) is 5.75 Å². The molecule has 0 fully saturated rings. The van der Waals surface area contributed by atoms with Gasteiger partial charge in [-0.1, -0.05) is 12.1 Å². The first-order valence-electron chi connectivity index (χ1n) is 5.27. The van der Waals surface area contributed by atoms with Crippen molar-refractivity contribution in [2.45, 2.75) is 0 Å². The summed E-state index contributed by atoms with van der Waals surface area (Å²) < 4.78 is 5.41. The lowest BCUT2D eigenvalue weighted by molar-refractivity contribution is 0.328. The molecule has 0 aliphatic carbocycles. The van der Waals surface area contributed by atoms with Gasteiger partial charge in [0.05, 0.1) is 12.0 Å². The van der Waals surface area contributed by atoms with Crippen LogP contribution in [0.4, 0.5) is 0 Å². The number of benzene rings is 1. The summed E-state index contributed by atoms with van der Waals surface area (Å²) in [4.78, 5) is 17.7. The minimum atomic E-state index is -0.178. The first-order chi connectivity index (χ1) is 8.29. The number of aromatic amines is 1. The summed E-state index contributed by atoms with van der Waals surface area (Å²) in [6.45, 7) is 0.930. The van der Waals surface area contributed by atoms with E-state index in [-0.39, 0.29) is 5.56 Å². The van der Waals surface area contributed by atoms with Gasteiger partial charge in [-0.2, -0.15) is 0 Å². The van der Waals surface area contributed by atoms with Gasteiger partial charge in [-0.15, -0.1) is 0 Å². The molecular weight excluding hydrogens is 218 g/mol. The van der Waals surface area contributed by atoms with Gasteiger partial charge in [-0.05, 0) is 12.1 Å². The molecule has 0 aliphatic heterocycles. The maximum absolute atomic E-state index is 11.2. The van der Waals surface area contributed by atoms with E-state index in [1.54, 1.807) is 0 Å². The molecule has 0 saturated carbocycles. The van der Waals surface area contributed by atoms with Crippen LogP contribution in [0.25, 0.3) is 11.3 Å². The minimum absolute atomic E-state index is 0.178. The fourth-order valence-corrected chi connectivity index (χ4v) is 1.45. The predicted octanol–water partition coefficient (Wildman–Crippen LogP) is 0.774. The fraction of sp³-hybridized carbons (Fsp3) is 0.167. The van der Waals surface area contributed by atoms with Crippen LogP contribution in [0.1, 0.15) is 0 Å². The van der Waals surface area contributed by atoms with Gasteiger partial charge in [0.15, 0.2) is 0 Å². The van der Waals surface area contributed by atoms with Crippen molar-refractivity contribution < 1.29 is 4.74 Å². The zero-order valence-electron chi connectivity index (χ0n) is 9.22. The largest absolute Gasteiger partial charge is 0.492 e. The average molecular weight is 231 g/mol. The molecule has 0 atom stereocenters. The molecule has 1 heterocycles. The van der Waals surface area contributed by atoms with Crippen LogP contribution in [0.3, 0.4) is 0 Å². The molecule has 1 aromatic carbocycles. The monoisotopic (exact) mass is 231 g/mol. The Morgan fingerprint density at radius 2 is 2.24 bits per heavy atom. The normalized spacial score (nSPS) is 10.2. The van der Waals surface area contributed by atoms with Gasteiger partial charge >= 0.3 is 0 Å². The highest BCUT2D eigenvalue weighted by molar-refractivity contribution is 5.60. The number of H-pyrrole nitrogens is 1. The number of rotatable bonds is 4. The maximum Gasteiger partial charge on any atom is 0.251 e. The van der Waals surface area contributed by atoms with E-state index < -0.39 is 0 Å². The van der Waals surface area contributed by atoms with E-state index in [0.717, 1.165) is 11.3 Å². The molecule has 3 N–H and O–H groups in total. The molecule has 88 valence electrons. The third-order valence-corrected chi connectivity index (χ3v) is 2.19. The van der Waals surface area contributed by atoms with Crippen LogP contribution in [0.15, 0.2) is 41.5 Å². The van der Waals surface area contributed by atoms with Gasteiger partial charge in [-0.3, -0.25) is 4.79 Å². The van der Waals surface area contributed by atoms with E-state index in [1.807, 2.05) is 24.3 Å². The Hall–Kier alpha value is -2.14. The topological polar surface area (TPSA) is 81.0 Å². The molecule has 0 radical (unpaired) electrons. The lowest BCUT2D eigenvalue weighted by Crippen LogP contribution is -2.10. The van der Waals surface area contributed by atoms with Crippen LogP contribution in [0.2, 0.25) is 0 Å². The number of nitrogens with one attached hydrogen (secondary N) is 1. The van der Waals surface area contributed by atoms with Gasteiger partial charge in [0.1, 0.15) is 12.4 Å². The van der Waals surface area contributed by atoms with Crippen molar-refractivity contribution >= 4 is 0 Å². The van der Waals surface area contributed by atoms with Gasteiger partial charge in [0.25, 0.3) is 5.56 Å². The second-order valence-electron chi connectivity index (χ2n) is 3.46. The fourth-order valence-electron chi connectivity index (χ4n) is 1.45. The summed E-state index contributed by atoms with van der Waals surface area (Å²) in [5, 5.41) is 0. The first-order valence-corrected chi connectivity index (χ1v) is 5.27. The van der Waals surface area contributed by atoms with Gasteiger partial charge in [0.2, 0.25) is 0 Å². The number of aromatic nitrogens is 2. The summed E-state index contributed by atoms with van der Waals surface area (Å²) in [6.07, 6.45) is 1.38. The number of hydrogen-bond donors (Lipinski definition) is 2. The van der Waals surface area contributed by atoms with E-state index in [0.29, 0.717) is 18.8 Å². The van der Waals surface area contributed by atoms with Crippen LogP contribution in [-0.4, -0.2) is 23.1 Å². The summed E-state index contributed by atoms with van der Waals surface area (Å²) in [5.41, 5.74) is 6.64. The van der Waals surface area contributed by atoms with E-state index in [2.05, 4.69) is 9.97 Å². The summed E-state index contributed by atoms with van der Waals surface area (Å²) in [7, 11) is 0. The number of hydrogen-bond acceptors (Lipinski definition) is 4. The Labute approximate surface area is 98.3 Å². The van der Waals surface area contributed by atoms with E-state index >= 15 is 0 Å². The van der Waals surface area contributed by atoms with Crippen molar-refractivity contribution in [2.75, 3.05) is 13.2 Å². The highest BCUT2D eigenvalue weighted by atomic mass is 16.5. The Bertz CT molecular complexity index is 551. The standard InChI is InChI=1S/C12H13N3O2/c13-4-5-17-10-3-1-2-9(6-10)11-7-12(16)15-8-14-11/h1-3,6-8H,4-5,13H2,(H,14,15,16). The number of ether oxygens (including phenoxy) is 1. The van der Waals surface area contributed by atoms with Crippen LogP contribution >= 0.6 is 0 Å². The molecule has 2 rings (SSSR count). The first kappa shape index (κ1) is 11.3. The van der Waals surface area contributed by atoms with E-state index in [9.17, 15) is 4.79 Å². The zero-order chi connectivity index (χ0) is 12.1. The van der Waals surface area contributed by atoms with Crippen molar-refractivity contribution in [2.24, 2.45) is 5.73 Å². The van der Waals surface area contributed by atoms with Gasteiger partial charge in [-0.25, -0.2) is 4.98 Å². The minimum Gasteiger partial charge on any atom is -0.492 e. The SMILES string of the molecule is NCCOc1cccc(-c2cc(=O)[nH]cn2)c1. The van der Waals surface area contributed by atoms with E-state index in [1.165, 1.54) is 12.4 Å². The summed E-state index contributed by atoms with van der Waals surface area (Å²) in [6, 6.07) is 8.84. The molecule has 2 aromatic rings. The predicted molar refractivity (Wildman–Crippen MR) is 64.8 cm³/mol. The Morgan fingerprint density at radius 3 is 3.00 bits per heavy atom. The highest BCUT2D eigenvalue weighted by Gasteiger charge is 2.01. The van der Waals surface area contributed by atoms with Crippen molar-refractivity contribution in [3.05, 3.63) is 47.0 Å². The smallest absolute Gasteiger partial charge is 0.251 e. The number of nitrogens with two attached hydrogens (primary N) is 1. The van der Waals surface area contributed by atoms with Crippen molar-refractivity contribution in [3.8, 4) is 17.0 Å². The molecule has 0 bridgehead atoms.